The van der Waals surface area contributed by atoms with Crippen LogP contribution in [0.15, 0.2) is 28.7 Å². The lowest BCUT2D eigenvalue weighted by Crippen LogP contribution is -2.21. The first-order valence-electron chi connectivity index (χ1n) is 9.53. The van der Waals surface area contributed by atoms with E-state index < -0.39 is 0 Å². The molecule has 1 amide bonds. The first kappa shape index (κ1) is 19.5. The van der Waals surface area contributed by atoms with Crippen molar-refractivity contribution in [3.8, 4) is 0 Å². The molecule has 2 aromatic rings. The van der Waals surface area contributed by atoms with Gasteiger partial charge in [0.05, 0.1) is 16.2 Å². The zero-order valence-corrected chi connectivity index (χ0v) is 17.6. The summed E-state index contributed by atoms with van der Waals surface area (Å²) in [6, 6.07) is 6.70. The van der Waals surface area contributed by atoms with Gasteiger partial charge in [-0.25, -0.2) is 4.79 Å². The highest BCUT2D eigenvalue weighted by molar-refractivity contribution is 8.20. The summed E-state index contributed by atoms with van der Waals surface area (Å²) in [5, 5.41) is 2.89. The van der Waals surface area contributed by atoms with E-state index in [1.807, 2.05) is 30.4 Å². The number of amides is 1. The minimum Gasteiger partial charge on any atom is -0.462 e. The summed E-state index contributed by atoms with van der Waals surface area (Å²) < 4.78 is 11.1. The lowest BCUT2D eigenvalue weighted by atomic mass is 9.94. The number of thioether (sulfide) groups is 2. The van der Waals surface area contributed by atoms with Crippen molar-refractivity contribution in [2.24, 2.45) is 0 Å². The molecule has 2 aliphatic rings. The standard InChI is InChI=1S/C21H23NO4S2/c1-3-25-20(24)14-6-8-15(9-7-14)22-19(23)18-13(2)17-16(26-18)5-4-10-21(17)27-11-12-28-21/h6-9H,3-5,10-12H2,1-2H3,(H,22,23). The zero-order valence-electron chi connectivity index (χ0n) is 16.0. The fourth-order valence-corrected chi connectivity index (χ4v) is 7.47. The van der Waals surface area contributed by atoms with Gasteiger partial charge in [0.2, 0.25) is 0 Å². The molecule has 5 nitrogen and oxygen atoms in total. The van der Waals surface area contributed by atoms with E-state index in [1.165, 1.54) is 5.56 Å². The van der Waals surface area contributed by atoms with Gasteiger partial charge >= 0.3 is 5.97 Å². The molecule has 7 heteroatoms. The van der Waals surface area contributed by atoms with Gasteiger partial charge in [-0.15, -0.1) is 23.5 Å². The second-order valence-electron chi connectivity index (χ2n) is 6.91. The molecule has 1 N–H and O–H groups in total. The minimum atomic E-state index is -0.369. The van der Waals surface area contributed by atoms with E-state index in [4.69, 9.17) is 9.15 Å². The molecule has 2 heterocycles. The monoisotopic (exact) mass is 417 g/mol. The number of nitrogens with one attached hydrogen (secondary N) is 1. The molecule has 1 aromatic carbocycles. The van der Waals surface area contributed by atoms with Gasteiger partial charge in [0, 0.05) is 34.7 Å². The zero-order chi connectivity index (χ0) is 19.7. The van der Waals surface area contributed by atoms with Crippen LogP contribution in [0.5, 0.6) is 0 Å². The third-order valence-corrected chi connectivity index (χ3v) is 8.66. The number of furan rings is 1. The van der Waals surface area contributed by atoms with Crippen molar-refractivity contribution < 1.29 is 18.7 Å². The number of esters is 1. The molecule has 1 saturated heterocycles. The van der Waals surface area contributed by atoms with Gasteiger partial charge in [-0.05, 0) is 51.0 Å². The van der Waals surface area contributed by atoms with E-state index in [-0.39, 0.29) is 16.0 Å². The number of rotatable bonds is 4. The van der Waals surface area contributed by atoms with Crippen molar-refractivity contribution in [1.29, 1.82) is 0 Å². The molecular formula is C21H23NO4S2. The molecule has 0 unspecified atom stereocenters. The Morgan fingerprint density at radius 3 is 2.61 bits per heavy atom. The number of benzene rings is 1. The average Bonchev–Trinajstić information content (AvgIpc) is 3.28. The lowest BCUT2D eigenvalue weighted by molar-refractivity contribution is 0.0526. The van der Waals surface area contributed by atoms with Crippen LogP contribution in [0.3, 0.4) is 0 Å². The summed E-state index contributed by atoms with van der Waals surface area (Å²) in [4.78, 5) is 24.6. The van der Waals surface area contributed by atoms with Gasteiger partial charge in [0.15, 0.2) is 5.76 Å². The molecule has 1 aliphatic carbocycles. The first-order valence-corrected chi connectivity index (χ1v) is 11.5. The SMILES string of the molecule is CCOC(=O)c1ccc(NC(=O)c2oc3c(c2C)C2(CCC3)SCCS2)cc1. The number of carbonyl (C=O) groups is 2. The third kappa shape index (κ3) is 3.46. The number of aryl methyl sites for hydroxylation is 1. The fourth-order valence-electron chi connectivity index (χ4n) is 3.91. The van der Waals surface area contributed by atoms with Crippen LogP contribution >= 0.6 is 23.5 Å². The number of fused-ring (bicyclic) bond motifs is 2. The van der Waals surface area contributed by atoms with Crippen LogP contribution in [0.25, 0.3) is 0 Å². The fraction of sp³-hybridized carbons (Fsp3) is 0.429. The maximum atomic E-state index is 12.9. The number of ether oxygens (including phenoxy) is 1. The Morgan fingerprint density at radius 2 is 1.93 bits per heavy atom. The number of hydrogen-bond acceptors (Lipinski definition) is 6. The maximum absolute atomic E-state index is 12.9. The number of hydrogen-bond donors (Lipinski definition) is 1. The number of carbonyl (C=O) groups excluding carboxylic acids is 2. The molecule has 28 heavy (non-hydrogen) atoms. The molecule has 0 atom stereocenters. The van der Waals surface area contributed by atoms with Crippen molar-refractivity contribution in [2.75, 3.05) is 23.4 Å². The van der Waals surface area contributed by atoms with Crippen molar-refractivity contribution >= 4 is 41.1 Å². The lowest BCUT2D eigenvalue weighted by Gasteiger charge is -2.31. The highest BCUT2D eigenvalue weighted by atomic mass is 32.2. The largest absolute Gasteiger partial charge is 0.462 e. The summed E-state index contributed by atoms with van der Waals surface area (Å²) >= 11 is 3.97. The van der Waals surface area contributed by atoms with E-state index in [0.717, 1.165) is 42.1 Å². The van der Waals surface area contributed by atoms with Gasteiger partial charge in [-0.1, -0.05) is 0 Å². The van der Waals surface area contributed by atoms with Crippen LogP contribution in [-0.2, 0) is 15.2 Å². The van der Waals surface area contributed by atoms with E-state index in [0.29, 0.717) is 23.6 Å². The second kappa shape index (κ2) is 7.87. The first-order chi connectivity index (χ1) is 13.5. The van der Waals surface area contributed by atoms with Crippen molar-refractivity contribution in [2.45, 2.75) is 37.2 Å². The van der Waals surface area contributed by atoms with Crippen LogP contribution in [0.4, 0.5) is 5.69 Å². The topological polar surface area (TPSA) is 68.5 Å². The highest BCUT2D eigenvalue weighted by Gasteiger charge is 2.45. The Labute approximate surface area is 173 Å². The van der Waals surface area contributed by atoms with E-state index >= 15 is 0 Å². The van der Waals surface area contributed by atoms with E-state index in [9.17, 15) is 9.59 Å². The normalized spacial score (nSPS) is 17.4. The highest BCUT2D eigenvalue weighted by Crippen LogP contribution is 2.59. The Kier molecular flexibility index (Phi) is 5.47. The molecule has 148 valence electrons. The average molecular weight is 418 g/mol. The third-order valence-electron chi connectivity index (χ3n) is 5.12. The molecule has 4 rings (SSSR count). The predicted molar refractivity (Wildman–Crippen MR) is 113 cm³/mol. The predicted octanol–water partition coefficient (Wildman–Crippen LogP) is 4.99. The van der Waals surface area contributed by atoms with Crippen molar-refractivity contribution in [3.63, 3.8) is 0 Å². The van der Waals surface area contributed by atoms with Gasteiger partial charge < -0.3 is 14.5 Å². The Bertz CT molecular complexity index is 898. The van der Waals surface area contributed by atoms with Crippen molar-refractivity contribution in [3.05, 3.63) is 52.5 Å². The molecule has 1 aromatic heterocycles. The summed E-state index contributed by atoms with van der Waals surface area (Å²) in [6.45, 7) is 4.09. The van der Waals surface area contributed by atoms with Crippen molar-refractivity contribution in [1.82, 2.24) is 0 Å². The summed E-state index contributed by atoms with van der Waals surface area (Å²) in [5.41, 5.74) is 3.26. The number of anilines is 1. The van der Waals surface area contributed by atoms with Gasteiger partial charge in [0.25, 0.3) is 5.91 Å². The smallest absolute Gasteiger partial charge is 0.338 e. The van der Waals surface area contributed by atoms with Gasteiger partial charge in [-0.3, -0.25) is 4.79 Å². The summed E-state index contributed by atoms with van der Waals surface area (Å²) in [6.07, 6.45) is 3.11. The van der Waals surface area contributed by atoms with E-state index in [1.54, 1.807) is 31.2 Å². The molecule has 0 saturated carbocycles. The van der Waals surface area contributed by atoms with E-state index in [2.05, 4.69) is 5.32 Å². The Balaban J connectivity index is 1.55. The minimum absolute atomic E-state index is 0.0565. The maximum Gasteiger partial charge on any atom is 0.338 e. The Morgan fingerprint density at radius 1 is 1.21 bits per heavy atom. The van der Waals surface area contributed by atoms with Crippen LogP contribution in [0, 0.1) is 6.92 Å². The second-order valence-corrected chi connectivity index (χ2v) is 9.96. The molecule has 1 spiro atoms. The summed E-state index contributed by atoms with van der Waals surface area (Å²) in [5.74, 6) is 3.03. The molecule has 1 fully saturated rings. The quantitative estimate of drug-likeness (QED) is 0.707. The Hall–Kier alpha value is -1.86. The molecular weight excluding hydrogens is 394 g/mol. The molecule has 1 aliphatic heterocycles. The van der Waals surface area contributed by atoms with Gasteiger partial charge in [-0.2, -0.15) is 0 Å². The molecule has 0 bridgehead atoms. The van der Waals surface area contributed by atoms with Crippen LogP contribution in [0.2, 0.25) is 0 Å². The summed E-state index contributed by atoms with van der Waals surface area (Å²) in [7, 11) is 0. The van der Waals surface area contributed by atoms with Crippen LogP contribution < -0.4 is 5.32 Å². The van der Waals surface area contributed by atoms with Gasteiger partial charge in [0.1, 0.15) is 5.76 Å². The van der Waals surface area contributed by atoms with Crippen LogP contribution in [-0.4, -0.2) is 30.0 Å². The molecule has 0 radical (unpaired) electrons. The van der Waals surface area contributed by atoms with Crippen LogP contribution in [0.1, 0.15) is 57.6 Å².